The molecular formula is C23H30N4O5S. The first kappa shape index (κ1) is 23.5. The molecule has 33 heavy (non-hydrogen) atoms. The molecule has 0 spiro atoms. The van der Waals surface area contributed by atoms with Gasteiger partial charge in [-0.15, -0.1) is 0 Å². The van der Waals surface area contributed by atoms with Crippen molar-refractivity contribution in [2.45, 2.75) is 4.90 Å². The van der Waals surface area contributed by atoms with Crippen molar-refractivity contribution in [3.05, 3.63) is 54.1 Å². The van der Waals surface area contributed by atoms with E-state index in [-0.39, 0.29) is 10.8 Å². The molecule has 2 heterocycles. The molecule has 4 rings (SSSR count). The van der Waals surface area contributed by atoms with Crippen LogP contribution in [-0.4, -0.2) is 89.8 Å². The average molecular weight is 475 g/mol. The summed E-state index contributed by atoms with van der Waals surface area (Å²) in [4.78, 5) is 19.5. The largest absolute Gasteiger partial charge is 0.492 e. The van der Waals surface area contributed by atoms with Crippen molar-refractivity contribution >= 4 is 21.6 Å². The number of sulfonamides is 1. The zero-order valence-corrected chi connectivity index (χ0v) is 19.4. The van der Waals surface area contributed by atoms with Crippen molar-refractivity contribution < 1.29 is 22.7 Å². The van der Waals surface area contributed by atoms with Gasteiger partial charge < -0.3 is 19.3 Å². The number of para-hydroxylation sites is 1. The number of amides is 1. The Morgan fingerprint density at radius 1 is 0.970 bits per heavy atom. The number of carbonyl (C=O) groups is 1. The molecule has 2 aliphatic heterocycles. The number of carbonyl (C=O) groups excluding carboxylic acids is 1. The molecule has 0 saturated carbocycles. The summed E-state index contributed by atoms with van der Waals surface area (Å²) in [7, 11) is -3.92. The molecule has 2 aromatic carbocycles. The summed E-state index contributed by atoms with van der Waals surface area (Å²) in [6.07, 6.45) is 0. The lowest BCUT2D eigenvalue weighted by molar-refractivity contribution is 0.0619. The van der Waals surface area contributed by atoms with E-state index in [1.165, 1.54) is 12.1 Å². The van der Waals surface area contributed by atoms with Gasteiger partial charge in [0.15, 0.2) is 0 Å². The number of anilines is 1. The van der Waals surface area contributed by atoms with E-state index in [0.717, 1.165) is 31.1 Å². The van der Waals surface area contributed by atoms with Crippen molar-refractivity contribution in [1.82, 2.24) is 9.80 Å². The molecule has 178 valence electrons. The molecule has 0 radical (unpaired) electrons. The number of primary sulfonamides is 1. The molecule has 0 bridgehead atoms. The minimum Gasteiger partial charge on any atom is -0.492 e. The van der Waals surface area contributed by atoms with Gasteiger partial charge in [0.25, 0.3) is 5.91 Å². The smallest absolute Gasteiger partial charge is 0.256 e. The lowest BCUT2D eigenvalue weighted by Gasteiger charge is -2.36. The third-order valence-corrected chi connectivity index (χ3v) is 6.87. The van der Waals surface area contributed by atoms with Crippen LogP contribution in [0.3, 0.4) is 0 Å². The average Bonchev–Trinajstić information content (AvgIpc) is 2.84. The summed E-state index contributed by atoms with van der Waals surface area (Å²) < 4.78 is 35.0. The van der Waals surface area contributed by atoms with Gasteiger partial charge in [-0.05, 0) is 30.3 Å². The van der Waals surface area contributed by atoms with Crippen LogP contribution in [0.2, 0.25) is 0 Å². The first-order chi connectivity index (χ1) is 15.9. The number of piperazine rings is 1. The number of nitrogens with two attached hydrogens (primary N) is 1. The number of ether oxygens (including phenoxy) is 2. The van der Waals surface area contributed by atoms with E-state index in [2.05, 4.69) is 9.80 Å². The number of hydrogen-bond acceptors (Lipinski definition) is 7. The highest BCUT2D eigenvalue weighted by Crippen LogP contribution is 2.26. The number of benzene rings is 2. The third kappa shape index (κ3) is 6.02. The molecule has 0 aliphatic carbocycles. The summed E-state index contributed by atoms with van der Waals surface area (Å²) in [5.74, 6) is 0.666. The Bertz CT molecular complexity index is 1050. The number of rotatable bonds is 7. The van der Waals surface area contributed by atoms with E-state index in [0.29, 0.717) is 51.6 Å². The molecule has 9 nitrogen and oxygen atoms in total. The molecule has 2 aliphatic rings. The van der Waals surface area contributed by atoms with Gasteiger partial charge in [-0.25, -0.2) is 13.6 Å². The van der Waals surface area contributed by atoms with E-state index >= 15 is 0 Å². The molecule has 1 amide bonds. The lowest BCUT2D eigenvalue weighted by atomic mass is 10.1. The third-order valence-electron chi connectivity index (χ3n) is 5.96. The van der Waals surface area contributed by atoms with Gasteiger partial charge in [0, 0.05) is 51.5 Å². The highest BCUT2D eigenvalue weighted by Gasteiger charge is 2.27. The Labute approximate surface area is 194 Å². The normalized spacial score (nSPS) is 17.7. The van der Waals surface area contributed by atoms with Crippen LogP contribution < -0.4 is 14.8 Å². The fourth-order valence-corrected chi connectivity index (χ4v) is 4.64. The number of nitrogens with zero attached hydrogens (tertiary/aromatic N) is 3. The molecule has 2 fully saturated rings. The first-order valence-corrected chi connectivity index (χ1v) is 12.7. The quantitative estimate of drug-likeness (QED) is 0.638. The number of hydrogen-bond donors (Lipinski definition) is 1. The van der Waals surface area contributed by atoms with Gasteiger partial charge in [-0.1, -0.05) is 18.2 Å². The second-order valence-corrected chi connectivity index (χ2v) is 9.68. The second kappa shape index (κ2) is 10.5. The summed E-state index contributed by atoms with van der Waals surface area (Å²) in [6, 6.07) is 14.2. The van der Waals surface area contributed by atoms with Gasteiger partial charge in [-0.2, -0.15) is 0 Å². The molecule has 2 N–H and O–H groups in total. The van der Waals surface area contributed by atoms with Crippen molar-refractivity contribution in [2.24, 2.45) is 5.14 Å². The minimum absolute atomic E-state index is 0.0560. The van der Waals surface area contributed by atoms with E-state index in [1.54, 1.807) is 11.0 Å². The van der Waals surface area contributed by atoms with Crippen LogP contribution in [0.5, 0.6) is 5.75 Å². The SMILES string of the molecule is NS(=O)(=O)c1ccc(N2CCOCC2)c(C(=O)N2CCN(CCOc3ccccc3)CC2)c1. The second-order valence-electron chi connectivity index (χ2n) is 8.12. The van der Waals surface area contributed by atoms with Crippen molar-refractivity contribution in [3.8, 4) is 5.75 Å². The molecule has 0 unspecified atom stereocenters. The molecule has 2 aromatic rings. The van der Waals surface area contributed by atoms with E-state index < -0.39 is 10.0 Å². The Morgan fingerprint density at radius 3 is 2.33 bits per heavy atom. The predicted molar refractivity (Wildman–Crippen MR) is 125 cm³/mol. The Hall–Kier alpha value is -2.66. The van der Waals surface area contributed by atoms with Gasteiger partial charge in [0.05, 0.1) is 23.7 Å². The summed E-state index contributed by atoms with van der Waals surface area (Å²) in [6.45, 7) is 6.35. The van der Waals surface area contributed by atoms with Crippen molar-refractivity contribution in [2.75, 3.05) is 70.5 Å². The molecule has 2 saturated heterocycles. The summed E-state index contributed by atoms with van der Waals surface area (Å²) >= 11 is 0. The standard InChI is InChI=1S/C23H30N4O5S/c24-33(29,30)20-6-7-22(26-13-15-31-16-14-26)21(18-20)23(28)27-10-8-25(9-11-27)12-17-32-19-4-2-1-3-5-19/h1-7,18H,8-17H2,(H2,24,29,30). The molecule has 0 atom stereocenters. The van der Waals surface area contributed by atoms with Crippen molar-refractivity contribution in [1.29, 1.82) is 0 Å². The fourth-order valence-electron chi connectivity index (χ4n) is 4.10. The zero-order valence-electron chi connectivity index (χ0n) is 18.6. The monoisotopic (exact) mass is 474 g/mol. The topological polar surface area (TPSA) is 105 Å². The maximum Gasteiger partial charge on any atom is 0.256 e. The van der Waals surface area contributed by atoms with Crippen LogP contribution >= 0.6 is 0 Å². The summed E-state index contributed by atoms with van der Waals surface area (Å²) in [5, 5.41) is 5.33. The van der Waals surface area contributed by atoms with E-state index in [4.69, 9.17) is 14.6 Å². The van der Waals surface area contributed by atoms with Crippen molar-refractivity contribution in [3.63, 3.8) is 0 Å². The number of morpholine rings is 1. The minimum atomic E-state index is -3.92. The van der Waals surface area contributed by atoms with Gasteiger partial charge in [-0.3, -0.25) is 9.69 Å². The molecule has 0 aromatic heterocycles. The van der Waals surface area contributed by atoms with Gasteiger partial charge in [0.2, 0.25) is 10.0 Å². The van der Waals surface area contributed by atoms with Crippen LogP contribution in [0.25, 0.3) is 0 Å². The van der Waals surface area contributed by atoms with Crippen LogP contribution in [0.4, 0.5) is 5.69 Å². The van der Waals surface area contributed by atoms with Crippen LogP contribution in [0.1, 0.15) is 10.4 Å². The van der Waals surface area contributed by atoms with Crippen LogP contribution in [-0.2, 0) is 14.8 Å². The Kier molecular flexibility index (Phi) is 7.49. The Morgan fingerprint density at radius 2 is 1.67 bits per heavy atom. The highest BCUT2D eigenvalue weighted by atomic mass is 32.2. The van der Waals surface area contributed by atoms with Crippen LogP contribution in [0, 0.1) is 0 Å². The lowest BCUT2D eigenvalue weighted by Crippen LogP contribution is -2.50. The fraction of sp³-hybridized carbons (Fsp3) is 0.435. The van der Waals surface area contributed by atoms with Gasteiger partial charge >= 0.3 is 0 Å². The van der Waals surface area contributed by atoms with Crippen LogP contribution in [0.15, 0.2) is 53.4 Å². The zero-order chi connectivity index (χ0) is 23.3. The highest BCUT2D eigenvalue weighted by molar-refractivity contribution is 7.89. The van der Waals surface area contributed by atoms with E-state index in [1.807, 2.05) is 30.3 Å². The predicted octanol–water partition coefficient (Wildman–Crippen LogP) is 1.01. The molecular weight excluding hydrogens is 444 g/mol. The van der Waals surface area contributed by atoms with E-state index in [9.17, 15) is 13.2 Å². The first-order valence-electron chi connectivity index (χ1n) is 11.1. The Balaban J connectivity index is 1.41. The maximum atomic E-state index is 13.4. The summed E-state index contributed by atoms with van der Waals surface area (Å²) in [5.41, 5.74) is 1.08. The molecule has 10 heteroatoms. The maximum absolute atomic E-state index is 13.4. The van der Waals surface area contributed by atoms with Gasteiger partial charge in [0.1, 0.15) is 12.4 Å².